The molecular formula is C16H30N2. The van der Waals surface area contributed by atoms with Crippen molar-refractivity contribution in [3.63, 3.8) is 0 Å². The molecule has 0 aromatic carbocycles. The number of hydrogen-bond acceptors (Lipinski definition) is 2. The van der Waals surface area contributed by atoms with Crippen LogP contribution in [0.15, 0.2) is 12.1 Å². The van der Waals surface area contributed by atoms with Crippen LogP contribution < -0.4 is 5.73 Å². The highest BCUT2D eigenvalue weighted by Gasteiger charge is 2.01. The molecule has 0 fully saturated rings. The van der Waals surface area contributed by atoms with E-state index in [4.69, 9.17) is 5.73 Å². The molecule has 0 saturated carbocycles. The van der Waals surface area contributed by atoms with E-state index in [9.17, 15) is 0 Å². The summed E-state index contributed by atoms with van der Waals surface area (Å²) in [6, 6.07) is 4.42. The number of aryl methyl sites for hydroxylation is 3. The van der Waals surface area contributed by atoms with Crippen LogP contribution in [0.3, 0.4) is 0 Å². The Bertz CT molecular complexity index is 308. The summed E-state index contributed by atoms with van der Waals surface area (Å²) in [5.74, 6) is 0. The van der Waals surface area contributed by atoms with Crippen molar-refractivity contribution >= 4 is 0 Å². The lowest BCUT2D eigenvalue weighted by molar-refractivity contribution is 0.727. The number of nitrogens with two attached hydrogens (primary N) is 1. The Kier molecular flexibility index (Phi) is 10.7. The molecule has 0 aliphatic carbocycles. The van der Waals surface area contributed by atoms with Crippen LogP contribution in [0.25, 0.3) is 0 Å². The minimum Gasteiger partial charge on any atom is -0.330 e. The lowest BCUT2D eigenvalue weighted by Gasteiger charge is -2.07. The molecule has 1 rings (SSSR count). The molecule has 2 heteroatoms. The van der Waals surface area contributed by atoms with Crippen molar-refractivity contribution in [3.8, 4) is 0 Å². The Hall–Kier alpha value is -0.890. The first-order valence-corrected chi connectivity index (χ1v) is 7.43. The summed E-state index contributed by atoms with van der Waals surface area (Å²) >= 11 is 0. The van der Waals surface area contributed by atoms with Gasteiger partial charge >= 0.3 is 0 Å². The predicted octanol–water partition coefficient (Wildman–Crippen LogP) is 4.04. The molecule has 1 aromatic heterocycles. The van der Waals surface area contributed by atoms with Crippen molar-refractivity contribution in [2.45, 2.75) is 66.2 Å². The highest BCUT2D eigenvalue weighted by atomic mass is 14.7. The summed E-state index contributed by atoms with van der Waals surface area (Å²) < 4.78 is 0. The van der Waals surface area contributed by atoms with Crippen LogP contribution in [0.1, 0.15) is 63.4 Å². The molecule has 0 aliphatic rings. The van der Waals surface area contributed by atoms with Gasteiger partial charge in [-0.25, -0.2) is 0 Å². The summed E-state index contributed by atoms with van der Waals surface area (Å²) in [5, 5.41) is 0. The first-order valence-electron chi connectivity index (χ1n) is 7.43. The second-order valence-electron chi connectivity index (χ2n) is 4.40. The van der Waals surface area contributed by atoms with Crippen molar-refractivity contribution in [3.05, 3.63) is 29.1 Å². The molecule has 0 radical (unpaired) electrons. The number of rotatable bonds is 7. The second kappa shape index (κ2) is 11.2. The summed E-state index contributed by atoms with van der Waals surface area (Å²) in [4.78, 5) is 4.66. The topological polar surface area (TPSA) is 38.9 Å². The molecule has 2 N–H and O–H groups in total. The van der Waals surface area contributed by atoms with Crippen LogP contribution in [-0.4, -0.2) is 11.5 Å². The third kappa shape index (κ3) is 6.75. The smallest absolute Gasteiger partial charge is 0.0407 e. The van der Waals surface area contributed by atoms with E-state index in [1.54, 1.807) is 0 Å². The van der Waals surface area contributed by atoms with Gasteiger partial charge in [0.2, 0.25) is 0 Å². The van der Waals surface area contributed by atoms with Crippen molar-refractivity contribution in [2.24, 2.45) is 5.73 Å². The fourth-order valence-electron chi connectivity index (χ4n) is 1.86. The molecule has 1 heterocycles. The van der Waals surface area contributed by atoms with Gasteiger partial charge in [-0.3, -0.25) is 4.98 Å². The molecule has 2 nitrogen and oxygen atoms in total. The van der Waals surface area contributed by atoms with Crippen LogP contribution in [0.4, 0.5) is 0 Å². The minimum absolute atomic E-state index is 0.785. The average Bonchev–Trinajstić information content (AvgIpc) is 2.40. The Morgan fingerprint density at radius 2 is 1.78 bits per heavy atom. The average molecular weight is 250 g/mol. The number of nitrogens with zero attached hydrogens (tertiary/aromatic N) is 1. The third-order valence-electron chi connectivity index (χ3n) is 2.94. The first kappa shape index (κ1) is 17.1. The van der Waals surface area contributed by atoms with Gasteiger partial charge in [-0.15, -0.1) is 0 Å². The number of hydrogen-bond donors (Lipinski definition) is 1. The maximum absolute atomic E-state index is 5.48. The fraction of sp³-hybridized carbons (Fsp3) is 0.688. The molecule has 0 spiro atoms. The van der Waals surface area contributed by atoms with Gasteiger partial charge in [0.15, 0.2) is 0 Å². The van der Waals surface area contributed by atoms with Crippen LogP contribution >= 0.6 is 0 Å². The first-order chi connectivity index (χ1) is 8.77. The number of pyridine rings is 1. The Labute approximate surface area is 113 Å². The lowest BCUT2D eigenvalue weighted by Crippen LogP contribution is -2.01. The monoisotopic (exact) mass is 250 g/mol. The van der Waals surface area contributed by atoms with Gasteiger partial charge < -0.3 is 5.73 Å². The highest BCUT2D eigenvalue weighted by molar-refractivity contribution is 5.22. The summed E-state index contributed by atoms with van der Waals surface area (Å²) in [5.41, 5.74) is 9.31. The van der Waals surface area contributed by atoms with E-state index in [0.717, 1.165) is 25.8 Å². The molecule has 104 valence electrons. The van der Waals surface area contributed by atoms with Gasteiger partial charge in [0.25, 0.3) is 0 Å². The van der Waals surface area contributed by atoms with Crippen LogP contribution in [0.2, 0.25) is 0 Å². The van der Waals surface area contributed by atoms with Crippen molar-refractivity contribution < 1.29 is 0 Å². The predicted molar refractivity (Wildman–Crippen MR) is 80.9 cm³/mol. The fourth-order valence-corrected chi connectivity index (χ4v) is 1.86. The largest absolute Gasteiger partial charge is 0.330 e. The number of aromatic nitrogens is 1. The van der Waals surface area contributed by atoms with Crippen LogP contribution in [0.5, 0.6) is 0 Å². The quantitative estimate of drug-likeness (QED) is 0.742. The Balaban J connectivity index is 0.00000137. The van der Waals surface area contributed by atoms with E-state index in [1.807, 2.05) is 13.8 Å². The van der Waals surface area contributed by atoms with Gasteiger partial charge in [-0.2, -0.15) is 0 Å². The van der Waals surface area contributed by atoms with E-state index < -0.39 is 0 Å². The van der Waals surface area contributed by atoms with Gasteiger partial charge in [0.1, 0.15) is 0 Å². The lowest BCUT2D eigenvalue weighted by atomic mass is 10.1. The molecular weight excluding hydrogens is 220 g/mol. The molecule has 0 aliphatic heterocycles. The van der Waals surface area contributed by atoms with Gasteiger partial charge in [0, 0.05) is 11.4 Å². The van der Waals surface area contributed by atoms with E-state index >= 15 is 0 Å². The Morgan fingerprint density at radius 1 is 1.06 bits per heavy atom. The third-order valence-corrected chi connectivity index (χ3v) is 2.94. The summed E-state index contributed by atoms with van der Waals surface area (Å²) in [6.07, 6.45) is 6.98. The second-order valence-corrected chi connectivity index (χ2v) is 4.40. The van der Waals surface area contributed by atoms with E-state index in [1.165, 1.54) is 36.2 Å². The summed E-state index contributed by atoms with van der Waals surface area (Å²) in [7, 11) is 0. The normalized spacial score (nSPS) is 9.83. The molecule has 0 bridgehead atoms. The molecule has 0 atom stereocenters. The van der Waals surface area contributed by atoms with Crippen molar-refractivity contribution in [1.29, 1.82) is 0 Å². The van der Waals surface area contributed by atoms with E-state index in [-0.39, 0.29) is 0 Å². The molecule has 0 saturated heterocycles. The molecule has 0 amide bonds. The maximum Gasteiger partial charge on any atom is 0.0407 e. The van der Waals surface area contributed by atoms with Crippen molar-refractivity contribution in [1.82, 2.24) is 4.98 Å². The summed E-state index contributed by atoms with van der Waals surface area (Å²) in [6.45, 7) is 9.13. The van der Waals surface area contributed by atoms with Gasteiger partial charge in [0.05, 0.1) is 0 Å². The van der Waals surface area contributed by atoms with Crippen molar-refractivity contribution in [2.75, 3.05) is 6.54 Å². The molecule has 0 unspecified atom stereocenters. The zero-order chi connectivity index (χ0) is 13.8. The maximum atomic E-state index is 5.48. The zero-order valence-corrected chi connectivity index (χ0v) is 12.6. The minimum atomic E-state index is 0.785. The van der Waals surface area contributed by atoms with Gasteiger partial charge in [-0.1, -0.05) is 33.3 Å². The van der Waals surface area contributed by atoms with Crippen LogP contribution in [0, 0.1) is 6.92 Å². The Morgan fingerprint density at radius 3 is 2.33 bits per heavy atom. The van der Waals surface area contributed by atoms with E-state index in [2.05, 4.69) is 31.0 Å². The number of unbranched alkanes of at least 4 members (excludes halogenated alkanes) is 2. The van der Waals surface area contributed by atoms with Gasteiger partial charge in [-0.05, 0) is 57.2 Å². The molecule has 1 aromatic rings. The van der Waals surface area contributed by atoms with E-state index in [0.29, 0.717) is 0 Å². The zero-order valence-electron chi connectivity index (χ0n) is 12.6. The molecule has 18 heavy (non-hydrogen) atoms. The standard InChI is InChI=1S/C14H24N2.C2H6/c1-3-4-7-13-9-10-14(16-12(13)2)8-5-6-11-15;1-2/h9-10H,3-8,11,15H2,1-2H3;1-2H3. The highest BCUT2D eigenvalue weighted by Crippen LogP contribution is 2.11. The van der Waals surface area contributed by atoms with Crippen LogP contribution in [-0.2, 0) is 12.8 Å². The SMILES string of the molecule is CC.CCCCc1ccc(CCCCN)nc1C.